The third-order valence-corrected chi connectivity index (χ3v) is 6.07. The van der Waals surface area contributed by atoms with Gasteiger partial charge in [0.05, 0.1) is 5.69 Å². The highest BCUT2D eigenvalue weighted by atomic mass is 16.5. The van der Waals surface area contributed by atoms with E-state index in [0.29, 0.717) is 0 Å². The largest absolute Gasteiger partial charge is 0.448 e. The Morgan fingerprint density at radius 3 is 2.38 bits per heavy atom. The summed E-state index contributed by atoms with van der Waals surface area (Å²) in [6, 6.07) is 20.6. The predicted octanol–water partition coefficient (Wildman–Crippen LogP) is 6.34. The first-order chi connectivity index (χ1) is 15.7. The molecule has 0 atom stereocenters. The van der Waals surface area contributed by atoms with Crippen molar-refractivity contribution < 1.29 is 9.53 Å². The smallest absolute Gasteiger partial charge is 0.411 e. The van der Waals surface area contributed by atoms with Crippen molar-refractivity contribution in [2.45, 2.75) is 19.8 Å². The molecule has 0 fully saturated rings. The van der Waals surface area contributed by atoms with Crippen LogP contribution in [0.5, 0.6) is 0 Å². The number of hydrogen-bond donors (Lipinski definition) is 2. The topological polar surface area (TPSA) is 63.2 Å². The maximum Gasteiger partial charge on any atom is 0.411 e. The van der Waals surface area contributed by atoms with Crippen LogP contribution in [0.3, 0.4) is 0 Å². The van der Waals surface area contributed by atoms with Gasteiger partial charge in [0.2, 0.25) is 0 Å². The summed E-state index contributed by atoms with van der Waals surface area (Å²) in [4.78, 5) is 17.1. The fourth-order valence-corrected chi connectivity index (χ4v) is 4.65. The van der Waals surface area contributed by atoms with Crippen molar-refractivity contribution in [3.63, 3.8) is 0 Å². The summed E-state index contributed by atoms with van der Waals surface area (Å²) < 4.78 is 5.74. The van der Waals surface area contributed by atoms with Crippen molar-refractivity contribution in [2.24, 2.45) is 0 Å². The lowest BCUT2D eigenvalue weighted by molar-refractivity contribution is 0.158. The Labute approximate surface area is 187 Å². The summed E-state index contributed by atoms with van der Waals surface area (Å²) in [6.45, 7) is 5.14. The Morgan fingerprint density at radius 2 is 1.69 bits per heavy atom. The molecule has 5 nitrogen and oxygen atoms in total. The third-order valence-electron chi connectivity index (χ3n) is 6.07. The highest BCUT2D eigenvalue weighted by Crippen LogP contribution is 2.44. The molecule has 1 amide bonds. The zero-order valence-corrected chi connectivity index (χ0v) is 18.2. The molecule has 5 rings (SSSR count). The Hall–Kier alpha value is -3.86. The number of carbonyl (C=O) groups excluding carboxylic acids is 1. The van der Waals surface area contributed by atoms with E-state index in [9.17, 15) is 4.79 Å². The number of aromatic nitrogens is 1. The number of anilines is 2. The van der Waals surface area contributed by atoms with E-state index in [4.69, 9.17) is 4.74 Å². The van der Waals surface area contributed by atoms with Gasteiger partial charge in [-0.3, -0.25) is 10.3 Å². The Morgan fingerprint density at radius 1 is 1.00 bits per heavy atom. The van der Waals surface area contributed by atoms with Crippen molar-refractivity contribution in [2.75, 3.05) is 23.8 Å². The number of rotatable bonds is 5. The molecule has 1 aromatic heterocycles. The molecule has 0 saturated heterocycles. The van der Waals surface area contributed by atoms with E-state index in [-0.39, 0.29) is 12.5 Å². The quantitative estimate of drug-likeness (QED) is 0.393. The molecule has 2 N–H and O–H groups in total. The van der Waals surface area contributed by atoms with Crippen molar-refractivity contribution in [1.29, 1.82) is 0 Å². The van der Waals surface area contributed by atoms with Crippen molar-refractivity contribution in [1.82, 2.24) is 4.98 Å². The number of benzene rings is 3. The number of fused-ring (bicyclic) bond motifs is 4. The van der Waals surface area contributed by atoms with Crippen LogP contribution in [0.1, 0.15) is 29.5 Å². The molecular weight excluding hydrogens is 398 g/mol. The first-order valence-electron chi connectivity index (χ1n) is 10.9. The van der Waals surface area contributed by atoms with Gasteiger partial charge in [0.25, 0.3) is 0 Å². The number of nitrogens with one attached hydrogen (secondary N) is 2. The molecule has 0 spiro atoms. The summed E-state index contributed by atoms with van der Waals surface area (Å²) in [5.41, 5.74) is 7.55. The van der Waals surface area contributed by atoms with Gasteiger partial charge in [0.1, 0.15) is 6.61 Å². The number of hydrogen-bond acceptors (Lipinski definition) is 4. The van der Waals surface area contributed by atoms with Gasteiger partial charge in [-0.15, -0.1) is 0 Å². The molecule has 4 aromatic rings. The van der Waals surface area contributed by atoms with Gasteiger partial charge in [0, 0.05) is 41.3 Å². The summed E-state index contributed by atoms with van der Waals surface area (Å²) >= 11 is 0. The lowest BCUT2D eigenvalue weighted by Gasteiger charge is -2.17. The molecule has 0 unspecified atom stereocenters. The second kappa shape index (κ2) is 8.35. The minimum absolute atomic E-state index is 0.0336. The van der Waals surface area contributed by atoms with Crippen LogP contribution in [-0.4, -0.2) is 24.2 Å². The molecule has 1 aliphatic rings. The van der Waals surface area contributed by atoms with Gasteiger partial charge in [-0.1, -0.05) is 48.5 Å². The van der Waals surface area contributed by atoms with Gasteiger partial charge in [-0.2, -0.15) is 0 Å². The molecule has 5 heteroatoms. The third kappa shape index (κ3) is 3.46. The van der Waals surface area contributed by atoms with Gasteiger partial charge in [-0.25, -0.2) is 4.79 Å². The molecule has 0 saturated carbocycles. The number of ether oxygens (including phenoxy) is 1. The molecule has 1 heterocycles. The number of amides is 1. The summed E-state index contributed by atoms with van der Waals surface area (Å²) in [7, 11) is 0. The summed E-state index contributed by atoms with van der Waals surface area (Å²) in [5.74, 6) is 0.0336. The summed E-state index contributed by atoms with van der Waals surface area (Å²) in [6.07, 6.45) is 3.10. The Balaban J connectivity index is 1.38. The first kappa shape index (κ1) is 20.1. The minimum atomic E-state index is -0.454. The van der Waals surface area contributed by atoms with Crippen LogP contribution in [0.4, 0.5) is 16.2 Å². The molecule has 0 radical (unpaired) electrons. The van der Waals surface area contributed by atoms with Crippen molar-refractivity contribution >= 4 is 28.2 Å². The second-order valence-corrected chi connectivity index (χ2v) is 8.02. The van der Waals surface area contributed by atoms with E-state index >= 15 is 0 Å². The second-order valence-electron chi connectivity index (χ2n) is 8.02. The number of carbonyl (C=O) groups is 1. The average molecular weight is 424 g/mol. The van der Waals surface area contributed by atoms with E-state index in [1.165, 1.54) is 22.3 Å². The Bertz CT molecular complexity index is 1270. The molecule has 160 valence electrons. The van der Waals surface area contributed by atoms with Gasteiger partial charge in [0.15, 0.2) is 0 Å². The van der Waals surface area contributed by atoms with Crippen molar-refractivity contribution in [3.05, 3.63) is 89.7 Å². The SMILES string of the molecule is CCNc1cc(C)c(NC(=O)OCC2c3ccccc3-c3ccccc32)c2ccncc12. The van der Waals surface area contributed by atoms with Crippen LogP contribution in [0.15, 0.2) is 73.1 Å². The molecule has 1 aliphatic carbocycles. The monoisotopic (exact) mass is 423 g/mol. The lowest BCUT2D eigenvalue weighted by atomic mass is 9.98. The Kier molecular flexibility index (Phi) is 5.23. The van der Waals surface area contributed by atoms with Crippen LogP contribution in [0.2, 0.25) is 0 Å². The standard InChI is InChI=1S/C27H25N3O2/c1-3-29-25-14-17(2)26(22-12-13-28-15-23(22)25)30-27(31)32-16-24-20-10-6-4-8-18(20)19-9-5-7-11-21(19)24/h4-15,24,29H,3,16H2,1-2H3,(H,30,31). The van der Waals surface area contributed by atoms with Crippen LogP contribution >= 0.6 is 0 Å². The zero-order valence-electron chi connectivity index (χ0n) is 18.2. The molecule has 3 aromatic carbocycles. The van der Waals surface area contributed by atoms with Crippen LogP contribution in [0, 0.1) is 6.92 Å². The lowest BCUT2D eigenvalue weighted by Crippen LogP contribution is -2.18. The average Bonchev–Trinajstić information content (AvgIpc) is 3.14. The molecule has 0 aliphatic heterocycles. The highest BCUT2D eigenvalue weighted by molar-refractivity contribution is 6.06. The first-order valence-corrected chi connectivity index (χ1v) is 10.9. The molecule has 0 bridgehead atoms. The predicted molar refractivity (Wildman–Crippen MR) is 129 cm³/mol. The highest BCUT2D eigenvalue weighted by Gasteiger charge is 2.29. The fraction of sp³-hybridized carbons (Fsp3) is 0.185. The van der Waals surface area contributed by atoms with E-state index in [1.807, 2.05) is 49.5 Å². The minimum Gasteiger partial charge on any atom is -0.448 e. The normalized spacial score (nSPS) is 12.3. The van der Waals surface area contributed by atoms with E-state index in [1.54, 1.807) is 6.20 Å². The van der Waals surface area contributed by atoms with E-state index in [2.05, 4.69) is 46.8 Å². The van der Waals surface area contributed by atoms with Gasteiger partial charge >= 0.3 is 6.09 Å². The number of pyridine rings is 1. The van der Waals surface area contributed by atoms with Gasteiger partial charge in [-0.05, 0) is 53.8 Å². The van der Waals surface area contributed by atoms with Gasteiger partial charge < -0.3 is 10.1 Å². The van der Waals surface area contributed by atoms with Crippen LogP contribution < -0.4 is 10.6 Å². The maximum absolute atomic E-state index is 12.8. The van der Waals surface area contributed by atoms with Crippen LogP contribution in [-0.2, 0) is 4.74 Å². The van der Waals surface area contributed by atoms with Crippen LogP contribution in [0.25, 0.3) is 21.9 Å². The summed E-state index contributed by atoms with van der Waals surface area (Å²) in [5, 5.41) is 8.25. The zero-order chi connectivity index (χ0) is 22.1. The van der Waals surface area contributed by atoms with Crippen molar-refractivity contribution in [3.8, 4) is 11.1 Å². The van der Waals surface area contributed by atoms with E-state index < -0.39 is 6.09 Å². The molecular formula is C27H25N3O2. The fourth-order valence-electron chi connectivity index (χ4n) is 4.65. The number of nitrogens with zero attached hydrogens (tertiary/aromatic N) is 1. The molecule has 32 heavy (non-hydrogen) atoms. The number of aryl methyl sites for hydroxylation is 1. The van der Waals surface area contributed by atoms with E-state index in [0.717, 1.165) is 34.3 Å². The maximum atomic E-state index is 12.8.